The Morgan fingerprint density at radius 2 is 2.00 bits per heavy atom. The average molecular weight is 214 g/mol. The second kappa shape index (κ2) is 4.86. The molecule has 2 rings (SSSR count). The van der Waals surface area contributed by atoms with Crippen LogP contribution in [0.2, 0.25) is 0 Å². The summed E-state index contributed by atoms with van der Waals surface area (Å²) in [4.78, 5) is 2.58. The average Bonchev–Trinajstić information content (AvgIpc) is 2.81. The van der Waals surface area contributed by atoms with Gasteiger partial charge in [-0.05, 0) is 45.0 Å². The van der Waals surface area contributed by atoms with Crippen LogP contribution >= 0.6 is 11.8 Å². The fraction of sp³-hybridized carbons (Fsp3) is 1.00. The normalized spacial score (nSPS) is 25.5. The van der Waals surface area contributed by atoms with E-state index < -0.39 is 0 Å². The van der Waals surface area contributed by atoms with Crippen molar-refractivity contribution in [2.45, 2.75) is 30.4 Å². The standard InChI is InChI=1S/C11H22N2S/c1-14-11(4-5-11)10-12-6-9-13-7-2-3-8-13/h12H,2-10H2,1H3. The molecule has 1 heterocycles. The number of hydrogen-bond acceptors (Lipinski definition) is 3. The van der Waals surface area contributed by atoms with Crippen LogP contribution in [-0.2, 0) is 0 Å². The van der Waals surface area contributed by atoms with Gasteiger partial charge in [-0.25, -0.2) is 0 Å². The highest BCUT2D eigenvalue weighted by Crippen LogP contribution is 2.46. The molecule has 0 radical (unpaired) electrons. The summed E-state index contributed by atoms with van der Waals surface area (Å²) in [5, 5.41) is 3.60. The molecule has 2 aliphatic rings. The van der Waals surface area contributed by atoms with Crippen molar-refractivity contribution in [3.63, 3.8) is 0 Å². The number of hydrogen-bond donors (Lipinski definition) is 1. The van der Waals surface area contributed by atoms with Crippen LogP contribution in [0.15, 0.2) is 0 Å². The number of rotatable bonds is 6. The van der Waals surface area contributed by atoms with Crippen molar-refractivity contribution >= 4 is 11.8 Å². The van der Waals surface area contributed by atoms with Crippen LogP contribution in [0.25, 0.3) is 0 Å². The highest BCUT2D eigenvalue weighted by atomic mass is 32.2. The van der Waals surface area contributed by atoms with Crippen LogP contribution in [0.3, 0.4) is 0 Å². The molecule has 0 aromatic rings. The first kappa shape index (κ1) is 10.8. The molecule has 1 saturated carbocycles. The van der Waals surface area contributed by atoms with E-state index in [9.17, 15) is 0 Å². The maximum absolute atomic E-state index is 3.60. The summed E-state index contributed by atoms with van der Waals surface area (Å²) in [6.07, 6.45) is 7.91. The van der Waals surface area contributed by atoms with Gasteiger partial charge in [-0.1, -0.05) is 0 Å². The molecular formula is C11H22N2S. The van der Waals surface area contributed by atoms with Gasteiger partial charge in [-0.2, -0.15) is 11.8 Å². The molecule has 1 saturated heterocycles. The van der Waals surface area contributed by atoms with Crippen molar-refractivity contribution in [1.29, 1.82) is 0 Å². The molecule has 2 nitrogen and oxygen atoms in total. The first-order valence-corrected chi connectivity index (χ1v) is 7.05. The predicted molar refractivity (Wildman–Crippen MR) is 64.0 cm³/mol. The monoisotopic (exact) mass is 214 g/mol. The summed E-state index contributed by atoms with van der Waals surface area (Å²) < 4.78 is 0.630. The van der Waals surface area contributed by atoms with E-state index in [0.717, 1.165) is 0 Å². The van der Waals surface area contributed by atoms with Crippen LogP contribution in [-0.4, -0.2) is 48.6 Å². The Bertz CT molecular complexity index is 174. The Morgan fingerprint density at radius 3 is 2.57 bits per heavy atom. The van der Waals surface area contributed by atoms with Crippen molar-refractivity contribution < 1.29 is 0 Å². The smallest absolute Gasteiger partial charge is 0.0282 e. The van der Waals surface area contributed by atoms with Crippen molar-refractivity contribution in [2.75, 3.05) is 39.0 Å². The summed E-state index contributed by atoms with van der Waals surface area (Å²) >= 11 is 2.04. The van der Waals surface area contributed by atoms with Crippen LogP contribution in [0.1, 0.15) is 25.7 Å². The lowest BCUT2D eigenvalue weighted by Gasteiger charge is -2.17. The van der Waals surface area contributed by atoms with Gasteiger partial charge in [0.25, 0.3) is 0 Å². The van der Waals surface area contributed by atoms with Gasteiger partial charge in [0.15, 0.2) is 0 Å². The molecule has 82 valence electrons. The zero-order valence-corrected chi connectivity index (χ0v) is 10.0. The third-order valence-electron chi connectivity index (χ3n) is 3.49. The molecule has 0 amide bonds. The molecular weight excluding hydrogens is 192 g/mol. The minimum Gasteiger partial charge on any atom is -0.314 e. The van der Waals surface area contributed by atoms with E-state index in [2.05, 4.69) is 16.5 Å². The second-order valence-corrected chi connectivity index (χ2v) is 5.89. The van der Waals surface area contributed by atoms with Gasteiger partial charge in [0.05, 0.1) is 0 Å². The number of nitrogens with zero attached hydrogens (tertiary/aromatic N) is 1. The van der Waals surface area contributed by atoms with Gasteiger partial charge in [0.2, 0.25) is 0 Å². The largest absolute Gasteiger partial charge is 0.314 e. The van der Waals surface area contributed by atoms with E-state index in [1.54, 1.807) is 0 Å². The van der Waals surface area contributed by atoms with Crippen LogP contribution < -0.4 is 5.32 Å². The van der Waals surface area contributed by atoms with E-state index >= 15 is 0 Å². The molecule has 3 heteroatoms. The van der Waals surface area contributed by atoms with Crippen LogP contribution in [0, 0.1) is 0 Å². The Kier molecular flexibility index (Phi) is 3.74. The molecule has 0 spiro atoms. The molecule has 1 aliphatic carbocycles. The Hall–Kier alpha value is 0.270. The maximum atomic E-state index is 3.60. The number of nitrogens with one attached hydrogen (secondary N) is 1. The Labute approximate surface area is 91.8 Å². The molecule has 0 unspecified atom stereocenters. The minimum atomic E-state index is 0.630. The van der Waals surface area contributed by atoms with Crippen molar-refractivity contribution in [3.8, 4) is 0 Å². The highest BCUT2D eigenvalue weighted by Gasteiger charge is 2.41. The molecule has 2 fully saturated rings. The van der Waals surface area contributed by atoms with Gasteiger partial charge in [0.1, 0.15) is 0 Å². The van der Waals surface area contributed by atoms with Crippen LogP contribution in [0.4, 0.5) is 0 Å². The topological polar surface area (TPSA) is 15.3 Å². The molecule has 1 N–H and O–H groups in total. The van der Waals surface area contributed by atoms with Gasteiger partial charge in [0, 0.05) is 24.4 Å². The summed E-state index contributed by atoms with van der Waals surface area (Å²) in [7, 11) is 0. The Balaban J connectivity index is 1.50. The SMILES string of the molecule is CSC1(CNCCN2CCCC2)CC1. The van der Waals surface area contributed by atoms with E-state index in [0.29, 0.717) is 4.75 Å². The lowest BCUT2D eigenvalue weighted by Crippen LogP contribution is -2.34. The lowest BCUT2D eigenvalue weighted by molar-refractivity contribution is 0.336. The first-order chi connectivity index (χ1) is 6.85. The number of likely N-dealkylation sites (tertiary alicyclic amines) is 1. The third-order valence-corrected chi connectivity index (χ3v) is 4.91. The maximum Gasteiger partial charge on any atom is 0.0282 e. The summed E-state index contributed by atoms with van der Waals surface area (Å²) in [6, 6.07) is 0. The highest BCUT2D eigenvalue weighted by molar-refractivity contribution is 8.00. The third kappa shape index (κ3) is 2.88. The zero-order valence-electron chi connectivity index (χ0n) is 9.22. The second-order valence-electron chi connectivity index (χ2n) is 4.61. The van der Waals surface area contributed by atoms with Gasteiger partial charge >= 0.3 is 0 Å². The van der Waals surface area contributed by atoms with Gasteiger partial charge in [-0.3, -0.25) is 0 Å². The first-order valence-electron chi connectivity index (χ1n) is 5.83. The molecule has 1 aliphatic heterocycles. The van der Waals surface area contributed by atoms with E-state index in [-0.39, 0.29) is 0 Å². The molecule has 0 bridgehead atoms. The minimum absolute atomic E-state index is 0.630. The van der Waals surface area contributed by atoms with Crippen LogP contribution in [0.5, 0.6) is 0 Å². The summed E-state index contributed by atoms with van der Waals surface area (Å²) in [5.41, 5.74) is 0. The van der Waals surface area contributed by atoms with Crippen molar-refractivity contribution in [3.05, 3.63) is 0 Å². The lowest BCUT2D eigenvalue weighted by atomic mass is 10.4. The van der Waals surface area contributed by atoms with E-state index in [1.165, 1.54) is 58.4 Å². The predicted octanol–water partition coefficient (Wildman–Crippen LogP) is 1.57. The van der Waals surface area contributed by atoms with Crippen molar-refractivity contribution in [2.24, 2.45) is 0 Å². The summed E-state index contributed by atoms with van der Waals surface area (Å²) in [5.74, 6) is 0. The Morgan fingerprint density at radius 1 is 1.29 bits per heavy atom. The molecule has 0 aromatic carbocycles. The van der Waals surface area contributed by atoms with Crippen molar-refractivity contribution in [1.82, 2.24) is 10.2 Å². The fourth-order valence-electron chi connectivity index (χ4n) is 2.15. The van der Waals surface area contributed by atoms with Gasteiger partial charge in [-0.15, -0.1) is 0 Å². The fourth-order valence-corrected chi connectivity index (χ4v) is 2.91. The van der Waals surface area contributed by atoms with E-state index in [1.807, 2.05) is 11.8 Å². The zero-order chi connectivity index (χ0) is 9.86. The molecule has 0 aromatic heterocycles. The number of thioether (sulfide) groups is 1. The molecule has 0 atom stereocenters. The van der Waals surface area contributed by atoms with Gasteiger partial charge < -0.3 is 10.2 Å². The quantitative estimate of drug-likeness (QED) is 0.676. The van der Waals surface area contributed by atoms with E-state index in [4.69, 9.17) is 0 Å². The molecule has 14 heavy (non-hydrogen) atoms. The summed E-state index contributed by atoms with van der Waals surface area (Å²) in [6.45, 7) is 6.32.